The number of ether oxygens (including phenoxy) is 2. The third-order valence-electron chi connectivity index (χ3n) is 10.4. The number of carbonyl (C=O) groups excluding carboxylic acids is 1. The molecule has 0 heterocycles. The Kier molecular flexibility index (Phi) is 10.9. The molecule has 0 aromatic heterocycles. The van der Waals surface area contributed by atoms with Gasteiger partial charge in [0.25, 0.3) is 0 Å². The Labute approximate surface area is 267 Å². The third-order valence-corrected chi connectivity index (χ3v) is 10.7. The number of hydrogen-bond acceptors (Lipinski definition) is 4. The van der Waals surface area contributed by atoms with Crippen molar-refractivity contribution in [3.8, 4) is 5.75 Å². The van der Waals surface area contributed by atoms with Crippen molar-refractivity contribution in [2.45, 2.75) is 88.0 Å². The highest BCUT2D eigenvalue weighted by Crippen LogP contribution is 2.62. The number of benzene rings is 1. The highest BCUT2D eigenvalue weighted by molar-refractivity contribution is 6.17. The van der Waals surface area contributed by atoms with Crippen LogP contribution >= 0.6 is 11.6 Å². The average Bonchev–Trinajstić information content (AvgIpc) is 3.29. The number of hydrogen-bond donors (Lipinski definition) is 0. The first-order chi connectivity index (χ1) is 21.3. The first kappa shape index (κ1) is 36.9. The Morgan fingerprint density at radius 2 is 1.61 bits per heavy atom. The minimum Gasteiger partial charge on any atom is -0.494 e. The number of carbonyl (C=O) groups is 1. The highest BCUT2D eigenvalue weighted by atomic mass is 35.5. The second-order valence-electron chi connectivity index (χ2n) is 13.1. The Morgan fingerprint density at radius 3 is 2.22 bits per heavy atom. The summed E-state index contributed by atoms with van der Waals surface area (Å²) in [4.78, 5) is 15.9. The summed E-state index contributed by atoms with van der Waals surface area (Å²) < 4.78 is 128. The zero-order valence-electron chi connectivity index (χ0n) is 25.9. The van der Waals surface area contributed by atoms with Crippen molar-refractivity contribution < 1.29 is 53.8 Å². The van der Waals surface area contributed by atoms with Crippen LogP contribution in [0.15, 0.2) is 18.2 Å². The second kappa shape index (κ2) is 13.5. The molecule has 3 aliphatic rings. The monoisotopic (exact) mass is 694 g/mol. The molecule has 262 valence electrons. The molecule has 3 unspecified atom stereocenters. The van der Waals surface area contributed by atoms with E-state index in [-0.39, 0.29) is 11.5 Å². The molecular weight excluding hydrogens is 655 g/mol. The van der Waals surface area contributed by atoms with Gasteiger partial charge in [-0.15, -0.1) is 11.6 Å². The Morgan fingerprint density at radius 1 is 0.957 bits per heavy atom. The van der Waals surface area contributed by atoms with Crippen molar-refractivity contribution in [3.05, 3.63) is 29.3 Å². The average molecular weight is 695 g/mol. The number of aryl methyl sites for hydroxylation is 1. The fourth-order valence-electron chi connectivity index (χ4n) is 8.18. The fraction of sp³-hybridized carbons (Fsp3) is 0.774. The standard InChI is InChI=1S/C31H40ClF9N2O3/c1-27-12-11-22-21-8-6-20(45-15-4-13-32)17-19(21)5-7-23(22)24(27)9-10-25(27)43(3)26(44)18-42(2)14-16-46-28(29(33,34)35,30(36,37)38)31(39,40)41/h6,8,17,22-25H,4-5,7,9-16,18H2,1-3H3/t22?,23?,24?,25-,27-/m0/s1. The minimum atomic E-state index is -6.80. The number of fused-ring (bicyclic) bond motifs is 5. The fourth-order valence-corrected chi connectivity index (χ4v) is 8.29. The van der Waals surface area contributed by atoms with Gasteiger partial charge in [-0.1, -0.05) is 13.0 Å². The zero-order chi connectivity index (χ0) is 34.3. The SMILES string of the molecule is CN(CCOC(C(F)(F)F)(C(F)(F)F)C(F)(F)F)CC(=O)N(C)[C@H]1CCC2C3CCc4cc(OCCCCl)ccc4C3CC[C@@]21C. The van der Waals surface area contributed by atoms with E-state index in [1.165, 1.54) is 18.2 Å². The summed E-state index contributed by atoms with van der Waals surface area (Å²) in [5.41, 5.74) is -3.90. The van der Waals surface area contributed by atoms with Crippen LogP contribution in [-0.4, -0.2) is 92.2 Å². The van der Waals surface area contributed by atoms with E-state index < -0.39 is 49.7 Å². The van der Waals surface area contributed by atoms with Crippen LogP contribution in [-0.2, 0) is 16.0 Å². The van der Waals surface area contributed by atoms with Gasteiger partial charge in [0, 0.05) is 25.5 Å². The van der Waals surface area contributed by atoms with Gasteiger partial charge in [0.05, 0.1) is 19.8 Å². The molecule has 0 aliphatic heterocycles. The number of alkyl halides is 10. The van der Waals surface area contributed by atoms with Crippen molar-refractivity contribution in [2.75, 3.05) is 46.3 Å². The van der Waals surface area contributed by atoms with E-state index in [1.54, 1.807) is 11.9 Å². The first-order valence-electron chi connectivity index (χ1n) is 15.4. The highest BCUT2D eigenvalue weighted by Gasteiger charge is 2.85. The Balaban J connectivity index is 1.37. The number of amides is 1. The van der Waals surface area contributed by atoms with Gasteiger partial charge in [0.15, 0.2) is 0 Å². The molecule has 1 amide bonds. The molecule has 46 heavy (non-hydrogen) atoms. The van der Waals surface area contributed by atoms with Gasteiger partial charge in [-0.05, 0) is 98.4 Å². The lowest BCUT2D eigenvalue weighted by molar-refractivity contribution is -0.457. The summed E-state index contributed by atoms with van der Waals surface area (Å²) in [6.45, 7) is 0.00250. The summed E-state index contributed by atoms with van der Waals surface area (Å²) in [6.07, 6.45) is -14.3. The van der Waals surface area contributed by atoms with Crippen LogP contribution in [0.2, 0.25) is 0 Å². The maximum absolute atomic E-state index is 13.3. The van der Waals surface area contributed by atoms with Crippen molar-refractivity contribution in [3.63, 3.8) is 0 Å². The normalized spacial score (nSPS) is 26.8. The van der Waals surface area contributed by atoms with Crippen LogP contribution in [0.4, 0.5) is 39.5 Å². The first-order valence-corrected chi connectivity index (χ1v) is 15.9. The summed E-state index contributed by atoms with van der Waals surface area (Å²) in [7, 11) is 2.85. The van der Waals surface area contributed by atoms with Gasteiger partial charge in [-0.3, -0.25) is 9.69 Å². The molecule has 0 bridgehead atoms. The van der Waals surface area contributed by atoms with E-state index in [1.807, 2.05) is 6.07 Å². The van der Waals surface area contributed by atoms with Gasteiger partial charge >= 0.3 is 24.1 Å². The van der Waals surface area contributed by atoms with E-state index in [4.69, 9.17) is 16.3 Å². The Bertz CT molecular complexity index is 1190. The molecule has 1 aromatic carbocycles. The van der Waals surface area contributed by atoms with Gasteiger partial charge in [0.1, 0.15) is 5.75 Å². The van der Waals surface area contributed by atoms with E-state index in [0.29, 0.717) is 30.2 Å². The van der Waals surface area contributed by atoms with E-state index in [9.17, 15) is 44.3 Å². The number of rotatable bonds is 11. The molecule has 15 heteroatoms. The number of nitrogens with zero attached hydrogens (tertiary/aromatic N) is 2. The molecule has 0 saturated heterocycles. The van der Waals surface area contributed by atoms with Crippen LogP contribution in [0.25, 0.3) is 0 Å². The van der Waals surface area contributed by atoms with Crippen molar-refractivity contribution >= 4 is 17.5 Å². The van der Waals surface area contributed by atoms with Gasteiger partial charge < -0.3 is 14.4 Å². The summed E-state index contributed by atoms with van der Waals surface area (Å²) in [5, 5.41) is 0. The van der Waals surface area contributed by atoms with Crippen molar-refractivity contribution in [1.29, 1.82) is 0 Å². The lowest BCUT2D eigenvalue weighted by Gasteiger charge is -2.52. The second-order valence-corrected chi connectivity index (χ2v) is 13.4. The number of halogens is 10. The van der Waals surface area contributed by atoms with Gasteiger partial charge in [-0.25, -0.2) is 0 Å². The predicted octanol–water partition coefficient (Wildman–Crippen LogP) is 7.75. The molecule has 2 fully saturated rings. The molecule has 0 N–H and O–H groups in total. The summed E-state index contributed by atoms with van der Waals surface area (Å²) in [5.74, 6) is 2.11. The summed E-state index contributed by atoms with van der Waals surface area (Å²) in [6, 6.07) is 6.15. The largest absolute Gasteiger partial charge is 0.494 e. The maximum atomic E-state index is 13.3. The van der Waals surface area contributed by atoms with Crippen LogP contribution in [0.3, 0.4) is 0 Å². The number of likely N-dealkylation sites (N-methyl/N-ethyl adjacent to an activating group) is 2. The molecular formula is C31H40ClF9N2O3. The third kappa shape index (κ3) is 6.81. The van der Waals surface area contributed by atoms with Crippen LogP contribution in [0.5, 0.6) is 5.75 Å². The quantitative estimate of drug-likeness (QED) is 0.135. The smallest absolute Gasteiger partial charge is 0.435 e. The van der Waals surface area contributed by atoms with Crippen LogP contribution in [0.1, 0.15) is 62.5 Å². The van der Waals surface area contributed by atoms with Crippen molar-refractivity contribution in [2.24, 2.45) is 17.3 Å². The zero-order valence-corrected chi connectivity index (χ0v) is 26.7. The lowest BCUT2D eigenvalue weighted by Crippen LogP contribution is -2.68. The molecule has 3 aliphatic carbocycles. The van der Waals surface area contributed by atoms with Crippen molar-refractivity contribution in [1.82, 2.24) is 9.80 Å². The molecule has 5 atom stereocenters. The molecule has 1 aromatic rings. The topological polar surface area (TPSA) is 42.0 Å². The molecule has 4 rings (SSSR count). The predicted molar refractivity (Wildman–Crippen MR) is 153 cm³/mol. The molecule has 0 radical (unpaired) electrons. The van der Waals surface area contributed by atoms with E-state index in [0.717, 1.165) is 55.6 Å². The summed E-state index contributed by atoms with van der Waals surface area (Å²) >= 11 is 5.75. The van der Waals surface area contributed by atoms with Gasteiger partial charge in [0.2, 0.25) is 5.91 Å². The molecule has 0 spiro atoms. The van der Waals surface area contributed by atoms with Gasteiger partial charge in [-0.2, -0.15) is 39.5 Å². The van der Waals surface area contributed by atoms with Crippen LogP contribution < -0.4 is 4.74 Å². The van der Waals surface area contributed by atoms with E-state index in [2.05, 4.69) is 23.8 Å². The molecule has 2 saturated carbocycles. The Hall–Kier alpha value is -1.93. The van der Waals surface area contributed by atoms with Crippen LogP contribution in [0, 0.1) is 17.3 Å². The maximum Gasteiger partial charge on any atom is 0.435 e. The van der Waals surface area contributed by atoms with E-state index >= 15 is 0 Å². The lowest BCUT2D eigenvalue weighted by atomic mass is 9.55. The molecule has 5 nitrogen and oxygen atoms in total. The minimum absolute atomic E-state index is 0.136.